The number of rotatable bonds is 2. The number of nitrogens with two attached hydrogens (primary N) is 1. The molecular formula is C13H14FNO. The molecule has 0 bridgehead atoms. The minimum Gasteiger partial charge on any atom is -0.399 e. The van der Waals surface area contributed by atoms with Gasteiger partial charge in [0, 0.05) is 5.69 Å². The van der Waals surface area contributed by atoms with Crippen molar-refractivity contribution in [3.05, 3.63) is 40.7 Å². The van der Waals surface area contributed by atoms with Gasteiger partial charge in [-0.25, -0.2) is 4.39 Å². The molecule has 2 N–H and O–H groups in total. The van der Waals surface area contributed by atoms with Crippen molar-refractivity contribution in [2.24, 2.45) is 0 Å². The highest BCUT2D eigenvalue weighted by Crippen LogP contribution is 2.25. The largest absolute Gasteiger partial charge is 0.399 e. The molecule has 2 rings (SSSR count). The van der Waals surface area contributed by atoms with Crippen LogP contribution in [0.4, 0.5) is 10.1 Å². The van der Waals surface area contributed by atoms with Gasteiger partial charge in [-0.05, 0) is 49.5 Å². The molecule has 1 aliphatic rings. The van der Waals surface area contributed by atoms with Gasteiger partial charge in [-0.1, -0.05) is 6.08 Å². The summed E-state index contributed by atoms with van der Waals surface area (Å²) in [5, 5.41) is 0. The molecule has 0 aromatic heterocycles. The van der Waals surface area contributed by atoms with Crippen LogP contribution in [0.15, 0.2) is 23.8 Å². The highest BCUT2D eigenvalue weighted by molar-refractivity contribution is 6.09. The average molecular weight is 219 g/mol. The van der Waals surface area contributed by atoms with E-state index < -0.39 is 5.82 Å². The standard InChI is InChI=1S/C13H14FNO/c1-8-6-10(15)7-11(12(8)14)13(16)9-4-2-3-5-9/h4,6-7H,2-3,5,15H2,1H3. The van der Waals surface area contributed by atoms with Crippen LogP contribution < -0.4 is 5.73 Å². The highest BCUT2D eigenvalue weighted by atomic mass is 19.1. The predicted octanol–water partition coefficient (Wildman–Crippen LogP) is 3.01. The van der Waals surface area contributed by atoms with Crippen LogP contribution in [0, 0.1) is 12.7 Å². The van der Waals surface area contributed by atoms with Crippen molar-refractivity contribution in [1.82, 2.24) is 0 Å². The lowest BCUT2D eigenvalue weighted by Gasteiger charge is -2.07. The Kier molecular flexibility index (Phi) is 2.77. The monoisotopic (exact) mass is 219 g/mol. The second-order valence-electron chi connectivity index (χ2n) is 4.15. The van der Waals surface area contributed by atoms with Crippen molar-refractivity contribution in [2.45, 2.75) is 26.2 Å². The van der Waals surface area contributed by atoms with Crippen molar-refractivity contribution in [3.63, 3.8) is 0 Å². The Morgan fingerprint density at radius 1 is 1.44 bits per heavy atom. The second kappa shape index (κ2) is 4.08. The minimum absolute atomic E-state index is 0.102. The zero-order valence-corrected chi connectivity index (χ0v) is 9.22. The Bertz CT molecular complexity index is 477. The Morgan fingerprint density at radius 3 is 2.81 bits per heavy atom. The van der Waals surface area contributed by atoms with E-state index in [2.05, 4.69) is 0 Å². The van der Waals surface area contributed by atoms with Crippen LogP contribution in [0.2, 0.25) is 0 Å². The number of anilines is 1. The quantitative estimate of drug-likeness (QED) is 0.613. The van der Waals surface area contributed by atoms with E-state index in [0.29, 0.717) is 16.8 Å². The number of carbonyl (C=O) groups excluding carboxylic acids is 1. The molecule has 0 radical (unpaired) electrons. The number of benzene rings is 1. The summed E-state index contributed by atoms with van der Waals surface area (Å²) in [6.07, 6.45) is 4.51. The SMILES string of the molecule is Cc1cc(N)cc(C(=O)C2=CCCC2)c1F. The fourth-order valence-electron chi connectivity index (χ4n) is 2.01. The van der Waals surface area contributed by atoms with E-state index in [9.17, 15) is 9.18 Å². The first-order valence-electron chi connectivity index (χ1n) is 5.39. The average Bonchev–Trinajstić information content (AvgIpc) is 2.75. The van der Waals surface area contributed by atoms with Crippen molar-refractivity contribution in [1.29, 1.82) is 0 Å². The number of allylic oxidation sites excluding steroid dienone is 2. The molecule has 0 saturated carbocycles. The van der Waals surface area contributed by atoms with E-state index in [4.69, 9.17) is 5.73 Å². The van der Waals surface area contributed by atoms with E-state index in [-0.39, 0.29) is 11.3 Å². The summed E-state index contributed by atoms with van der Waals surface area (Å²) in [7, 11) is 0. The smallest absolute Gasteiger partial charge is 0.191 e. The first-order valence-corrected chi connectivity index (χ1v) is 5.39. The van der Waals surface area contributed by atoms with Crippen LogP contribution in [0.5, 0.6) is 0 Å². The van der Waals surface area contributed by atoms with Crippen molar-refractivity contribution in [3.8, 4) is 0 Å². The van der Waals surface area contributed by atoms with E-state index in [1.54, 1.807) is 6.92 Å². The molecule has 0 saturated heterocycles. The summed E-state index contributed by atoms with van der Waals surface area (Å²) in [6.45, 7) is 1.62. The third kappa shape index (κ3) is 1.85. The van der Waals surface area contributed by atoms with Gasteiger partial charge < -0.3 is 5.73 Å². The third-order valence-corrected chi connectivity index (χ3v) is 2.85. The molecule has 16 heavy (non-hydrogen) atoms. The van der Waals surface area contributed by atoms with Crippen LogP contribution in [0.25, 0.3) is 0 Å². The fourth-order valence-corrected chi connectivity index (χ4v) is 2.01. The maximum Gasteiger partial charge on any atom is 0.191 e. The molecule has 0 unspecified atom stereocenters. The molecule has 84 valence electrons. The van der Waals surface area contributed by atoms with E-state index in [1.165, 1.54) is 12.1 Å². The molecule has 0 atom stereocenters. The number of ketones is 1. The first-order chi connectivity index (χ1) is 7.59. The van der Waals surface area contributed by atoms with Gasteiger partial charge in [0.2, 0.25) is 0 Å². The predicted molar refractivity (Wildman–Crippen MR) is 61.8 cm³/mol. The molecule has 0 fully saturated rings. The van der Waals surface area contributed by atoms with Crippen LogP contribution >= 0.6 is 0 Å². The maximum atomic E-state index is 13.8. The Labute approximate surface area is 94.0 Å². The summed E-state index contributed by atoms with van der Waals surface area (Å²) in [5.41, 5.74) is 7.29. The number of halogens is 1. The van der Waals surface area contributed by atoms with Gasteiger partial charge in [0.15, 0.2) is 5.78 Å². The van der Waals surface area contributed by atoms with Gasteiger partial charge >= 0.3 is 0 Å². The van der Waals surface area contributed by atoms with Crippen LogP contribution in [-0.4, -0.2) is 5.78 Å². The lowest BCUT2D eigenvalue weighted by atomic mass is 10.00. The molecule has 1 aliphatic carbocycles. The Hall–Kier alpha value is -1.64. The summed E-state index contributed by atoms with van der Waals surface area (Å²) < 4.78 is 13.8. The second-order valence-corrected chi connectivity index (χ2v) is 4.15. The minimum atomic E-state index is -0.452. The molecule has 0 heterocycles. The maximum absolute atomic E-state index is 13.8. The van der Waals surface area contributed by atoms with Crippen LogP contribution in [0.1, 0.15) is 35.2 Å². The first kappa shape index (κ1) is 10.9. The highest BCUT2D eigenvalue weighted by Gasteiger charge is 2.20. The van der Waals surface area contributed by atoms with Gasteiger partial charge in [0.25, 0.3) is 0 Å². The number of hydrogen-bond donors (Lipinski definition) is 1. The summed E-state index contributed by atoms with van der Waals surface area (Å²) in [6, 6.07) is 2.96. The van der Waals surface area contributed by atoms with Gasteiger partial charge in [0.1, 0.15) is 5.82 Å². The van der Waals surface area contributed by atoms with Crippen LogP contribution in [-0.2, 0) is 0 Å². The van der Waals surface area contributed by atoms with Crippen molar-refractivity contribution in [2.75, 3.05) is 5.73 Å². The molecule has 3 heteroatoms. The summed E-state index contributed by atoms with van der Waals surface area (Å²) in [4.78, 5) is 12.0. The normalized spacial score (nSPS) is 15.0. The van der Waals surface area contributed by atoms with Crippen molar-refractivity contribution >= 4 is 11.5 Å². The Morgan fingerprint density at radius 2 is 2.19 bits per heavy atom. The zero-order chi connectivity index (χ0) is 11.7. The number of aryl methyl sites for hydroxylation is 1. The molecule has 2 nitrogen and oxygen atoms in total. The van der Waals surface area contributed by atoms with Crippen molar-refractivity contribution < 1.29 is 9.18 Å². The Balaban J connectivity index is 2.43. The number of hydrogen-bond acceptors (Lipinski definition) is 2. The van der Waals surface area contributed by atoms with Gasteiger partial charge in [-0.2, -0.15) is 0 Å². The molecule has 1 aromatic carbocycles. The van der Waals surface area contributed by atoms with E-state index >= 15 is 0 Å². The van der Waals surface area contributed by atoms with E-state index in [1.807, 2.05) is 6.08 Å². The summed E-state index contributed by atoms with van der Waals surface area (Å²) in [5.74, 6) is -0.669. The summed E-state index contributed by atoms with van der Waals surface area (Å²) >= 11 is 0. The van der Waals surface area contributed by atoms with Gasteiger partial charge in [0.05, 0.1) is 5.56 Å². The molecule has 0 aliphatic heterocycles. The van der Waals surface area contributed by atoms with E-state index in [0.717, 1.165) is 19.3 Å². The lowest BCUT2D eigenvalue weighted by molar-refractivity contribution is 0.102. The lowest BCUT2D eigenvalue weighted by Crippen LogP contribution is -2.07. The van der Waals surface area contributed by atoms with Crippen LogP contribution in [0.3, 0.4) is 0 Å². The molecule has 1 aromatic rings. The molecule has 0 amide bonds. The van der Waals surface area contributed by atoms with Gasteiger partial charge in [-0.3, -0.25) is 4.79 Å². The molecular weight excluding hydrogens is 205 g/mol. The topological polar surface area (TPSA) is 43.1 Å². The third-order valence-electron chi connectivity index (χ3n) is 2.85. The number of Topliss-reactive ketones (excluding diaryl/α,β-unsaturated/α-hetero) is 1. The molecule has 0 spiro atoms. The zero-order valence-electron chi connectivity index (χ0n) is 9.22. The number of nitrogen functional groups attached to an aromatic ring is 1. The van der Waals surface area contributed by atoms with Gasteiger partial charge in [-0.15, -0.1) is 0 Å². The fraction of sp³-hybridized carbons (Fsp3) is 0.308. The number of carbonyl (C=O) groups is 1.